The molecule has 1 amide bonds. The molecule has 0 bridgehead atoms. The van der Waals surface area contributed by atoms with E-state index >= 15 is 0 Å². The lowest BCUT2D eigenvalue weighted by atomic mass is 10.3. The number of nitrogens with zero attached hydrogens (tertiary/aromatic N) is 4. The molecule has 0 atom stereocenters. The van der Waals surface area contributed by atoms with Crippen molar-refractivity contribution in [3.05, 3.63) is 51.6 Å². The summed E-state index contributed by atoms with van der Waals surface area (Å²) in [5.41, 5.74) is 0.298. The van der Waals surface area contributed by atoms with Gasteiger partial charge in [-0.25, -0.2) is 15.0 Å². The molecule has 3 aromatic rings. The molecule has 0 radical (unpaired) electrons. The fraction of sp³-hybridized carbons (Fsp3) is 0.0833. The number of anilines is 1. The number of carbonyl (C=O) groups is 1. The summed E-state index contributed by atoms with van der Waals surface area (Å²) in [6, 6.07) is 1.63. The number of amides is 1. The second-order valence-corrected chi connectivity index (χ2v) is 4.84. The lowest BCUT2D eigenvalue weighted by molar-refractivity contribution is 0.102. The van der Waals surface area contributed by atoms with E-state index in [1.165, 1.54) is 34.3 Å². The molecule has 1 N–H and O–H groups in total. The summed E-state index contributed by atoms with van der Waals surface area (Å²) >= 11 is 1.35. The van der Waals surface area contributed by atoms with Crippen LogP contribution in [0.1, 0.15) is 16.1 Å². The van der Waals surface area contributed by atoms with Gasteiger partial charge >= 0.3 is 0 Å². The van der Waals surface area contributed by atoms with Crippen LogP contribution in [-0.4, -0.2) is 25.3 Å². The third kappa shape index (κ3) is 2.05. The molecular formula is C12H9N5O2S. The molecular weight excluding hydrogens is 278 g/mol. The first-order valence-electron chi connectivity index (χ1n) is 5.71. The van der Waals surface area contributed by atoms with E-state index in [4.69, 9.17) is 0 Å². The Kier molecular flexibility index (Phi) is 2.99. The predicted molar refractivity (Wildman–Crippen MR) is 74.1 cm³/mol. The predicted octanol–water partition coefficient (Wildman–Crippen LogP) is 1.11. The van der Waals surface area contributed by atoms with Gasteiger partial charge in [-0.2, -0.15) is 0 Å². The van der Waals surface area contributed by atoms with Crippen LogP contribution in [0.4, 0.5) is 5.95 Å². The maximum Gasteiger partial charge on any atom is 0.271 e. The number of aromatic nitrogens is 4. The molecule has 0 spiro atoms. The van der Waals surface area contributed by atoms with Gasteiger partial charge in [0.15, 0.2) is 4.96 Å². The van der Waals surface area contributed by atoms with Crippen molar-refractivity contribution < 1.29 is 4.79 Å². The largest absolute Gasteiger partial charge is 0.290 e. The third-order valence-corrected chi connectivity index (χ3v) is 3.61. The van der Waals surface area contributed by atoms with Crippen molar-refractivity contribution in [2.45, 2.75) is 6.92 Å². The Balaban J connectivity index is 2.02. The SMILES string of the molecule is Cc1csc2ncc(C(=O)Nc3ncccn3)c(=O)n12. The quantitative estimate of drug-likeness (QED) is 0.762. The fourth-order valence-electron chi connectivity index (χ4n) is 1.71. The van der Waals surface area contributed by atoms with Gasteiger partial charge in [-0.1, -0.05) is 0 Å². The minimum atomic E-state index is -0.575. The van der Waals surface area contributed by atoms with Crippen LogP contribution in [-0.2, 0) is 0 Å². The fourth-order valence-corrected chi connectivity index (χ4v) is 2.54. The first-order chi connectivity index (χ1) is 9.66. The van der Waals surface area contributed by atoms with E-state index in [0.717, 1.165) is 5.69 Å². The molecule has 7 nitrogen and oxygen atoms in total. The minimum absolute atomic E-state index is 0.0450. The van der Waals surface area contributed by atoms with E-state index in [9.17, 15) is 9.59 Å². The van der Waals surface area contributed by atoms with Crippen molar-refractivity contribution in [1.82, 2.24) is 19.4 Å². The molecule has 0 aromatic carbocycles. The van der Waals surface area contributed by atoms with Crippen molar-refractivity contribution in [3.8, 4) is 0 Å². The number of carbonyl (C=O) groups excluding carboxylic acids is 1. The summed E-state index contributed by atoms with van der Waals surface area (Å²) in [7, 11) is 0. The van der Waals surface area contributed by atoms with E-state index < -0.39 is 11.5 Å². The number of rotatable bonds is 2. The Labute approximate surface area is 117 Å². The summed E-state index contributed by atoms with van der Waals surface area (Å²) in [5.74, 6) is -0.433. The van der Waals surface area contributed by atoms with Gasteiger partial charge in [0.05, 0.1) is 0 Å². The van der Waals surface area contributed by atoms with Crippen LogP contribution in [0.15, 0.2) is 34.8 Å². The average Bonchev–Trinajstić information content (AvgIpc) is 2.82. The first kappa shape index (κ1) is 12.4. The Bertz CT molecular complexity index is 840. The van der Waals surface area contributed by atoms with E-state index in [0.29, 0.717) is 4.96 Å². The summed E-state index contributed by atoms with van der Waals surface area (Å²) in [6.07, 6.45) is 4.27. The van der Waals surface area contributed by atoms with Crippen LogP contribution in [0.5, 0.6) is 0 Å². The standard InChI is InChI=1S/C12H9N5O2S/c1-7-6-20-12-15-5-8(10(19)17(7)12)9(18)16-11-13-3-2-4-14-11/h2-6H,1H3,(H,13,14,16,18). The van der Waals surface area contributed by atoms with Crippen LogP contribution in [0.25, 0.3) is 4.96 Å². The van der Waals surface area contributed by atoms with Crippen LogP contribution in [0.2, 0.25) is 0 Å². The Hall–Kier alpha value is -2.61. The normalized spacial score (nSPS) is 10.7. The molecule has 0 aliphatic heterocycles. The van der Waals surface area contributed by atoms with Gasteiger partial charge in [-0.15, -0.1) is 11.3 Å². The van der Waals surface area contributed by atoms with Gasteiger partial charge < -0.3 is 0 Å². The van der Waals surface area contributed by atoms with Crippen molar-refractivity contribution in [2.24, 2.45) is 0 Å². The monoisotopic (exact) mass is 287 g/mol. The Morgan fingerprint density at radius 1 is 1.30 bits per heavy atom. The molecule has 3 heterocycles. The van der Waals surface area contributed by atoms with Crippen molar-refractivity contribution >= 4 is 28.2 Å². The highest BCUT2D eigenvalue weighted by Gasteiger charge is 2.15. The smallest absolute Gasteiger partial charge is 0.271 e. The zero-order chi connectivity index (χ0) is 14.1. The van der Waals surface area contributed by atoms with Gasteiger partial charge in [0.2, 0.25) is 5.95 Å². The highest BCUT2D eigenvalue weighted by molar-refractivity contribution is 7.15. The maximum absolute atomic E-state index is 12.3. The summed E-state index contributed by atoms with van der Waals surface area (Å²) in [6.45, 7) is 1.79. The Morgan fingerprint density at radius 3 is 2.80 bits per heavy atom. The lowest BCUT2D eigenvalue weighted by Gasteiger charge is -2.03. The number of hydrogen-bond donors (Lipinski definition) is 1. The van der Waals surface area contributed by atoms with Gasteiger partial charge in [0.1, 0.15) is 5.56 Å². The Morgan fingerprint density at radius 2 is 2.05 bits per heavy atom. The zero-order valence-electron chi connectivity index (χ0n) is 10.4. The summed E-state index contributed by atoms with van der Waals surface area (Å²) < 4.78 is 1.41. The van der Waals surface area contributed by atoms with Crippen LogP contribution in [0, 0.1) is 6.92 Å². The summed E-state index contributed by atoms with van der Waals surface area (Å²) in [4.78, 5) is 36.7. The number of thiazole rings is 1. The van der Waals surface area contributed by atoms with Gasteiger partial charge in [-0.3, -0.25) is 19.3 Å². The zero-order valence-corrected chi connectivity index (χ0v) is 11.2. The number of fused-ring (bicyclic) bond motifs is 1. The number of nitrogens with one attached hydrogen (secondary N) is 1. The van der Waals surface area contributed by atoms with Crippen LogP contribution >= 0.6 is 11.3 Å². The molecule has 100 valence electrons. The highest BCUT2D eigenvalue weighted by atomic mass is 32.1. The molecule has 0 saturated heterocycles. The molecule has 3 rings (SSSR count). The minimum Gasteiger partial charge on any atom is -0.290 e. The van der Waals surface area contributed by atoms with E-state index in [1.54, 1.807) is 13.0 Å². The topological polar surface area (TPSA) is 89.2 Å². The molecule has 3 aromatic heterocycles. The van der Waals surface area contributed by atoms with Gasteiger partial charge in [-0.05, 0) is 13.0 Å². The molecule has 8 heteroatoms. The van der Waals surface area contributed by atoms with Gasteiger partial charge in [0.25, 0.3) is 11.5 Å². The van der Waals surface area contributed by atoms with E-state index in [2.05, 4.69) is 20.3 Å². The molecule has 20 heavy (non-hydrogen) atoms. The number of hydrogen-bond acceptors (Lipinski definition) is 6. The summed E-state index contributed by atoms with van der Waals surface area (Å²) in [5, 5.41) is 4.28. The van der Waals surface area contributed by atoms with Gasteiger partial charge in [0, 0.05) is 29.7 Å². The second-order valence-electron chi connectivity index (χ2n) is 4.00. The van der Waals surface area contributed by atoms with E-state index in [1.807, 2.05) is 5.38 Å². The maximum atomic E-state index is 12.3. The van der Waals surface area contributed by atoms with Crippen LogP contribution < -0.4 is 10.9 Å². The van der Waals surface area contributed by atoms with Crippen LogP contribution in [0.3, 0.4) is 0 Å². The van der Waals surface area contributed by atoms with Crippen molar-refractivity contribution in [1.29, 1.82) is 0 Å². The van der Waals surface area contributed by atoms with E-state index in [-0.39, 0.29) is 11.5 Å². The lowest BCUT2D eigenvalue weighted by Crippen LogP contribution is -2.27. The molecule has 0 aliphatic rings. The van der Waals surface area contributed by atoms with Crippen molar-refractivity contribution in [2.75, 3.05) is 5.32 Å². The second kappa shape index (κ2) is 4.82. The average molecular weight is 287 g/mol. The highest BCUT2D eigenvalue weighted by Crippen LogP contribution is 2.11. The molecule has 0 fully saturated rings. The third-order valence-electron chi connectivity index (χ3n) is 2.65. The molecule has 0 saturated carbocycles. The first-order valence-corrected chi connectivity index (χ1v) is 6.59. The molecule has 0 unspecified atom stereocenters. The van der Waals surface area contributed by atoms with Crippen molar-refractivity contribution in [3.63, 3.8) is 0 Å². The number of aryl methyl sites for hydroxylation is 1. The molecule has 0 aliphatic carbocycles.